The van der Waals surface area contributed by atoms with Gasteiger partial charge in [-0.2, -0.15) is 0 Å². The van der Waals surface area contributed by atoms with Crippen LogP contribution in [0, 0.1) is 201 Å². The average molecular weight is 1220 g/mol. The minimum absolute atomic E-state index is 0.689. The molecule has 11 heteroatoms. The topological polar surface area (TPSA) is 26.0 Å². The summed E-state index contributed by atoms with van der Waals surface area (Å²) in [5.74, 6) is 2.09. The molecule has 75 heavy (non-hydrogen) atoms. The van der Waals surface area contributed by atoms with Gasteiger partial charge < -0.3 is 4.42 Å². The molecule has 0 radical (unpaired) electrons. The van der Waals surface area contributed by atoms with Crippen LogP contribution in [0.2, 0.25) is 0 Å². The van der Waals surface area contributed by atoms with Gasteiger partial charge in [-0.15, -0.1) is 90.7 Å². The van der Waals surface area contributed by atoms with Crippen LogP contribution in [0.1, 0.15) is 153 Å². The predicted molar refractivity (Wildman–Crippen MR) is 353 cm³/mol. The van der Waals surface area contributed by atoms with E-state index in [4.69, 9.17) is 4.42 Å². The first-order valence-electron chi connectivity index (χ1n) is 25.8. The molecule has 408 valence electrons. The van der Waals surface area contributed by atoms with E-state index in [9.17, 15) is 0 Å². The Morgan fingerprint density at radius 2 is 0.520 bits per heavy atom. The molecule has 0 aliphatic heterocycles. The first kappa shape index (κ1) is 64.9. The van der Waals surface area contributed by atoms with Crippen LogP contribution in [-0.4, -0.2) is 19.5 Å². The Labute approximate surface area is 492 Å². The zero-order chi connectivity index (χ0) is 57.0. The van der Waals surface area contributed by atoms with Gasteiger partial charge in [0, 0.05) is 72.4 Å². The maximum Gasteiger partial charge on any atom is 0.104 e. The van der Waals surface area contributed by atoms with E-state index in [1.165, 1.54) is 161 Å². The number of aromatic nitrogens is 1. The molecule has 2 nitrogen and oxygen atoms in total. The van der Waals surface area contributed by atoms with Crippen LogP contribution in [0.15, 0.2) is 4.42 Å². The van der Waals surface area contributed by atoms with Crippen LogP contribution in [0.3, 0.4) is 0 Å². The molecule has 0 aliphatic rings. The third-order valence-corrected chi connectivity index (χ3v) is 28.5. The van der Waals surface area contributed by atoms with Crippen molar-refractivity contribution in [3.05, 3.63) is 153 Å². The number of aryl methyl sites for hydroxylation is 19. The Bertz CT molecular complexity index is 3120. The molecule has 0 saturated heterocycles. The third kappa shape index (κ3) is 15.4. The maximum absolute atomic E-state index is 5.34. The number of rotatable bonds is 1. The molecule has 10 rings (SSSR count). The fraction of sp³-hybridized carbons (Fsp3) is 0.453. The van der Waals surface area contributed by atoms with Gasteiger partial charge in [-0.1, -0.05) is 0 Å². The Balaban J connectivity index is 0.000000192. The van der Waals surface area contributed by atoms with Crippen molar-refractivity contribution in [2.24, 2.45) is 0 Å². The molecule has 10 aromatic heterocycles. The Kier molecular flexibility index (Phi) is 23.8. The molecule has 0 aliphatic carbocycles. The summed E-state index contributed by atoms with van der Waals surface area (Å²) >= 11 is 16.0. The van der Waals surface area contributed by atoms with E-state index >= 15 is 0 Å². The quantitative estimate of drug-likeness (QED) is 0.153. The van der Waals surface area contributed by atoms with Crippen molar-refractivity contribution in [3.8, 4) is 9.75 Å². The second-order valence-electron chi connectivity index (χ2n) is 20.2. The van der Waals surface area contributed by atoms with Crippen molar-refractivity contribution < 1.29 is 4.42 Å². The summed E-state index contributed by atoms with van der Waals surface area (Å²) in [6, 6.07) is 0. The standard InChI is InChI=1S/C14H18S2.2C10H12S2.C8H12O.C8H12S.C8H12Se.C6H9NS/c1-7-9(3)13(15-11(7)5)14-10(4)8(2)12(6)16-14;2*1-5-7(3)11-10-6(2)8(4)12-9(5)10;3*1-5-6(2)8(4)9-7(5)3;1-4-5(2)8-6(3)7-4/h1-6H3;2*1-4H3;3*1-4H3;1-3H3. The van der Waals surface area contributed by atoms with Gasteiger partial charge in [-0.3, -0.25) is 0 Å². The molecule has 0 bridgehead atoms. The van der Waals surface area contributed by atoms with Gasteiger partial charge in [0.2, 0.25) is 0 Å². The van der Waals surface area contributed by atoms with Crippen LogP contribution in [0.5, 0.6) is 0 Å². The fourth-order valence-electron chi connectivity index (χ4n) is 8.01. The molecule has 0 atom stereocenters. The van der Waals surface area contributed by atoms with Crippen molar-refractivity contribution >= 4 is 124 Å². The van der Waals surface area contributed by atoms with Gasteiger partial charge in [-0.05, 0) is 240 Å². The first-order valence-corrected chi connectivity index (χ1v) is 34.0. The van der Waals surface area contributed by atoms with Crippen LogP contribution in [-0.2, 0) is 0 Å². The summed E-state index contributed by atoms with van der Waals surface area (Å²) in [5.41, 5.74) is 21.5. The Morgan fingerprint density at radius 3 is 0.667 bits per heavy atom. The number of hydrogen-bond donors (Lipinski definition) is 0. The predicted octanol–water partition coefficient (Wildman–Crippen LogP) is 23.3. The summed E-state index contributed by atoms with van der Waals surface area (Å²) in [5, 5.41) is 1.17. The summed E-state index contributed by atoms with van der Waals surface area (Å²) in [7, 11) is 0. The minimum Gasteiger partial charge on any atom is -0.466 e. The largest absolute Gasteiger partial charge is 0.466 e. The number of furan rings is 1. The Morgan fingerprint density at radius 1 is 0.253 bits per heavy atom. The Hall–Kier alpha value is -2.67. The zero-order valence-electron chi connectivity index (χ0n) is 51.0. The number of thiazole rings is 1. The van der Waals surface area contributed by atoms with E-state index in [1.807, 2.05) is 107 Å². The molecule has 0 amide bonds. The van der Waals surface area contributed by atoms with Crippen molar-refractivity contribution in [3.63, 3.8) is 0 Å². The summed E-state index contributed by atoms with van der Waals surface area (Å²) < 4.78 is 14.6. The van der Waals surface area contributed by atoms with Crippen molar-refractivity contribution in [1.29, 1.82) is 0 Å². The second kappa shape index (κ2) is 27.5. The van der Waals surface area contributed by atoms with E-state index < -0.39 is 0 Å². The molecule has 10 heterocycles. The van der Waals surface area contributed by atoms with Crippen LogP contribution < -0.4 is 0 Å². The van der Waals surface area contributed by atoms with E-state index in [0.717, 1.165) is 11.5 Å². The van der Waals surface area contributed by atoms with Crippen LogP contribution in [0.4, 0.5) is 0 Å². The molecule has 0 aromatic carbocycles. The summed E-state index contributed by atoms with van der Waals surface area (Å²) in [4.78, 5) is 20.2. The van der Waals surface area contributed by atoms with Crippen molar-refractivity contribution in [1.82, 2.24) is 4.98 Å². The minimum atomic E-state index is 0.689. The van der Waals surface area contributed by atoms with E-state index in [0.29, 0.717) is 14.5 Å². The normalized spacial score (nSPS) is 10.7. The average Bonchev–Trinajstić information content (AvgIpc) is 4.26. The van der Waals surface area contributed by atoms with Crippen LogP contribution >= 0.6 is 90.7 Å². The molecule has 0 saturated carbocycles. The number of thiophene rings is 7. The van der Waals surface area contributed by atoms with Gasteiger partial charge >= 0.3 is 62.2 Å². The van der Waals surface area contributed by atoms with E-state index in [1.54, 1.807) is 20.2 Å². The summed E-state index contributed by atoms with van der Waals surface area (Å²) in [6.07, 6.45) is 0. The zero-order valence-corrected chi connectivity index (χ0v) is 59.3. The number of hydrogen-bond acceptors (Lipinski definition) is 10. The molecule has 0 N–H and O–H groups in total. The fourth-order valence-corrected chi connectivity index (χ4v) is 19.9. The van der Waals surface area contributed by atoms with Gasteiger partial charge in [0.05, 0.1) is 10.7 Å². The van der Waals surface area contributed by atoms with E-state index in [2.05, 4.69) is 178 Å². The van der Waals surface area contributed by atoms with E-state index in [-0.39, 0.29) is 0 Å². The molecule has 10 aromatic rings. The van der Waals surface area contributed by atoms with Gasteiger partial charge in [0.1, 0.15) is 11.5 Å². The smallest absolute Gasteiger partial charge is 0.104 e. The van der Waals surface area contributed by atoms with Crippen molar-refractivity contribution in [2.45, 2.75) is 201 Å². The first-order chi connectivity index (χ1) is 34.7. The van der Waals surface area contributed by atoms with Gasteiger partial charge in [0.25, 0.3) is 0 Å². The number of fused-ring (bicyclic) bond motifs is 2. The SMILES string of the molecule is Cc1[se]c(C)c(C)c1C.Cc1nc(C)c(C)s1.Cc1oc(C)c(C)c1C.Cc1sc(-c2sc(C)c(C)c2C)c(C)c1C.Cc1sc(C)c(C)c1C.Cc1sc2c(C)c(C)sc2c1C.Cc1sc2c(C)c(C)sc2c1C. The monoisotopic (exact) mass is 1220 g/mol. The van der Waals surface area contributed by atoms with Gasteiger partial charge in [-0.25, -0.2) is 4.98 Å². The third-order valence-electron chi connectivity index (χ3n) is 15.4. The summed E-state index contributed by atoms with van der Waals surface area (Å²) in [6.45, 7) is 63.1. The molecule has 0 fully saturated rings. The van der Waals surface area contributed by atoms with Gasteiger partial charge in [0.15, 0.2) is 0 Å². The second-order valence-corrected chi connectivity index (χ2v) is 33.4. The van der Waals surface area contributed by atoms with Crippen LogP contribution in [0.25, 0.3) is 28.6 Å². The molecular formula is C64H87NOS8Se. The molecule has 0 unspecified atom stereocenters. The maximum atomic E-state index is 5.34. The van der Waals surface area contributed by atoms with Crippen molar-refractivity contribution in [2.75, 3.05) is 0 Å². The molecule has 0 spiro atoms. The number of nitrogens with zero attached hydrogens (tertiary/aromatic N) is 1. The molecular weight excluding hydrogens is 1130 g/mol.